The van der Waals surface area contributed by atoms with Gasteiger partial charge in [0.05, 0.1) is 0 Å². The van der Waals surface area contributed by atoms with Crippen molar-refractivity contribution in [2.45, 2.75) is 238 Å². The summed E-state index contributed by atoms with van der Waals surface area (Å²) in [4.78, 5) is 0. The average Bonchev–Trinajstić information content (AvgIpc) is 2.95. The van der Waals surface area contributed by atoms with Gasteiger partial charge in [-0.15, -0.1) is 9.24 Å². The van der Waals surface area contributed by atoms with Crippen LogP contribution in [-0.4, -0.2) is 6.16 Å². The molecular weight excluding hydrogens is 487 g/mol. The van der Waals surface area contributed by atoms with Gasteiger partial charge in [0.2, 0.25) is 0 Å². The fourth-order valence-corrected chi connectivity index (χ4v) is 6.52. The first kappa shape index (κ1) is 39.4. The van der Waals surface area contributed by atoms with Gasteiger partial charge in [-0.2, -0.15) is 0 Å². The predicted molar refractivity (Wildman–Crippen MR) is 186 cm³/mol. The Morgan fingerprint density at radius 2 is 0.333 bits per heavy atom. The molecular formula is C38H79P. The third-order valence-corrected chi connectivity index (χ3v) is 9.47. The summed E-state index contributed by atoms with van der Waals surface area (Å²) in [6.45, 7) is 2.31. The minimum Gasteiger partial charge on any atom is -0.138 e. The van der Waals surface area contributed by atoms with E-state index < -0.39 is 0 Å². The van der Waals surface area contributed by atoms with E-state index in [-0.39, 0.29) is 0 Å². The van der Waals surface area contributed by atoms with Crippen molar-refractivity contribution >= 4 is 9.24 Å². The van der Waals surface area contributed by atoms with Crippen molar-refractivity contribution in [3.63, 3.8) is 0 Å². The van der Waals surface area contributed by atoms with Crippen molar-refractivity contribution in [2.24, 2.45) is 0 Å². The maximum absolute atomic E-state index is 2.85. The molecule has 0 rings (SSSR count). The van der Waals surface area contributed by atoms with Gasteiger partial charge in [0.15, 0.2) is 0 Å². The monoisotopic (exact) mass is 567 g/mol. The number of hydrogen-bond acceptors (Lipinski definition) is 0. The smallest absolute Gasteiger partial charge is 0.0381 e. The highest BCUT2D eigenvalue weighted by Gasteiger charge is 1.97. The first-order valence-corrected chi connectivity index (χ1v) is 19.9. The van der Waals surface area contributed by atoms with E-state index in [1.54, 1.807) is 0 Å². The largest absolute Gasteiger partial charge is 0.138 e. The Bertz CT molecular complexity index is 356. The lowest BCUT2D eigenvalue weighted by atomic mass is 10.0. The standard InChI is InChI=1S/C38H79P/c1-2-3-4-5-6-7-8-9-10-11-12-13-14-15-16-17-18-19-20-21-22-23-24-25-26-27-28-29-30-31-32-33-34-35-36-37-38-39/h2-39H2,1H3. The molecule has 0 aliphatic rings. The summed E-state index contributed by atoms with van der Waals surface area (Å²) < 4.78 is 0. The molecule has 0 heterocycles. The lowest BCUT2D eigenvalue weighted by molar-refractivity contribution is 0.511. The predicted octanol–water partition coefficient (Wildman–Crippen LogP) is 14.9. The molecule has 0 aliphatic heterocycles. The molecule has 0 fully saturated rings. The summed E-state index contributed by atoms with van der Waals surface area (Å²) in [5, 5.41) is 0. The fourth-order valence-electron chi connectivity index (χ4n) is 6.23. The van der Waals surface area contributed by atoms with Gasteiger partial charge in [-0.25, -0.2) is 0 Å². The van der Waals surface area contributed by atoms with E-state index >= 15 is 0 Å². The van der Waals surface area contributed by atoms with Gasteiger partial charge in [0.1, 0.15) is 0 Å². The zero-order valence-corrected chi connectivity index (χ0v) is 28.9. The third kappa shape index (κ3) is 38.4. The molecule has 1 heteroatoms. The molecule has 0 aromatic heterocycles. The van der Waals surface area contributed by atoms with Crippen molar-refractivity contribution in [1.29, 1.82) is 0 Å². The highest BCUT2D eigenvalue weighted by atomic mass is 31.0. The average molecular weight is 567 g/mol. The highest BCUT2D eigenvalue weighted by molar-refractivity contribution is 7.16. The second kappa shape index (κ2) is 38.4. The molecule has 39 heavy (non-hydrogen) atoms. The highest BCUT2D eigenvalue weighted by Crippen LogP contribution is 2.17. The Balaban J connectivity index is 3.01. The van der Waals surface area contributed by atoms with Crippen LogP contribution in [0.5, 0.6) is 0 Å². The summed E-state index contributed by atoms with van der Waals surface area (Å²) in [5.41, 5.74) is 0. The first-order chi connectivity index (χ1) is 19.4. The molecule has 0 amide bonds. The molecule has 0 aromatic carbocycles. The first-order valence-electron chi connectivity index (χ1n) is 19.1. The molecule has 0 bridgehead atoms. The van der Waals surface area contributed by atoms with Crippen LogP contribution in [-0.2, 0) is 0 Å². The molecule has 0 spiro atoms. The zero-order chi connectivity index (χ0) is 28.2. The van der Waals surface area contributed by atoms with Crippen LogP contribution in [0.2, 0.25) is 0 Å². The number of unbranched alkanes of at least 4 members (excludes halogenated alkanes) is 35. The van der Waals surface area contributed by atoms with E-state index in [0.717, 1.165) is 0 Å². The number of rotatable bonds is 36. The summed E-state index contributed by atoms with van der Waals surface area (Å²) in [7, 11) is 2.85. The van der Waals surface area contributed by atoms with Crippen LogP contribution in [0.15, 0.2) is 0 Å². The maximum atomic E-state index is 2.85. The maximum Gasteiger partial charge on any atom is -0.0381 e. The molecule has 1 atom stereocenters. The van der Waals surface area contributed by atoms with Crippen LogP contribution in [0.25, 0.3) is 0 Å². The lowest BCUT2D eigenvalue weighted by Crippen LogP contribution is -1.85. The number of hydrogen-bond donors (Lipinski definition) is 0. The van der Waals surface area contributed by atoms with E-state index in [2.05, 4.69) is 16.2 Å². The Kier molecular flexibility index (Phi) is 38.9. The Labute approximate surface area is 253 Å². The van der Waals surface area contributed by atoms with Gasteiger partial charge in [0, 0.05) is 0 Å². The van der Waals surface area contributed by atoms with Gasteiger partial charge in [-0.05, 0) is 12.6 Å². The molecule has 0 saturated heterocycles. The van der Waals surface area contributed by atoms with Crippen molar-refractivity contribution in [3.05, 3.63) is 0 Å². The SMILES string of the molecule is CCCCCCCCCCCCCCCCCCCCCCCCCCCCCCCCCCCCCCP. The van der Waals surface area contributed by atoms with Crippen molar-refractivity contribution in [2.75, 3.05) is 6.16 Å². The topological polar surface area (TPSA) is 0 Å². The van der Waals surface area contributed by atoms with Crippen LogP contribution in [0, 0.1) is 0 Å². The normalized spacial score (nSPS) is 11.5. The molecule has 0 radical (unpaired) electrons. The van der Waals surface area contributed by atoms with Gasteiger partial charge in [-0.1, -0.05) is 232 Å². The van der Waals surface area contributed by atoms with Crippen LogP contribution in [0.1, 0.15) is 238 Å². The Morgan fingerprint density at radius 1 is 0.205 bits per heavy atom. The van der Waals surface area contributed by atoms with E-state index in [0.29, 0.717) is 0 Å². The van der Waals surface area contributed by atoms with E-state index in [1.807, 2.05) is 0 Å². The summed E-state index contributed by atoms with van der Waals surface area (Å²) in [6, 6.07) is 0. The molecule has 1 unspecified atom stereocenters. The van der Waals surface area contributed by atoms with E-state index in [9.17, 15) is 0 Å². The molecule has 0 aliphatic carbocycles. The van der Waals surface area contributed by atoms with E-state index in [4.69, 9.17) is 0 Å². The summed E-state index contributed by atoms with van der Waals surface area (Å²) in [5.74, 6) is 0. The van der Waals surface area contributed by atoms with Gasteiger partial charge < -0.3 is 0 Å². The van der Waals surface area contributed by atoms with Gasteiger partial charge in [-0.3, -0.25) is 0 Å². The summed E-state index contributed by atoms with van der Waals surface area (Å²) >= 11 is 0. The zero-order valence-electron chi connectivity index (χ0n) is 27.7. The van der Waals surface area contributed by atoms with Crippen LogP contribution in [0.4, 0.5) is 0 Å². The fraction of sp³-hybridized carbons (Fsp3) is 1.00. The second-order valence-electron chi connectivity index (χ2n) is 13.2. The van der Waals surface area contributed by atoms with Crippen molar-refractivity contribution in [3.8, 4) is 0 Å². The molecule has 236 valence electrons. The third-order valence-electron chi connectivity index (χ3n) is 9.06. The van der Waals surface area contributed by atoms with Crippen molar-refractivity contribution < 1.29 is 0 Å². The van der Waals surface area contributed by atoms with E-state index in [1.165, 1.54) is 237 Å². The van der Waals surface area contributed by atoms with Gasteiger partial charge in [0.25, 0.3) is 0 Å². The van der Waals surface area contributed by atoms with Crippen molar-refractivity contribution in [1.82, 2.24) is 0 Å². The Hall–Kier alpha value is 0.430. The molecule has 0 saturated carbocycles. The van der Waals surface area contributed by atoms with Crippen LogP contribution < -0.4 is 0 Å². The second-order valence-corrected chi connectivity index (χ2v) is 13.7. The quantitative estimate of drug-likeness (QED) is 0.0522. The minimum atomic E-state index is 1.29. The lowest BCUT2D eigenvalue weighted by Gasteiger charge is -2.05. The molecule has 0 nitrogen and oxygen atoms in total. The molecule has 0 N–H and O–H groups in total. The summed E-state index contributed by atoms with van der Waals surface area (Å²) in [6.07, 6.45) is 54.7. The van der Waals surface area contributed by atoms with Crippen LogP contribution >= 0.6 is 9.24 Å². The van der Waals surface area contributed by atoms with Crippen LogP contribution in [0.3, 0.4) is 0 Å². The van der Waals surface area contributed by atoms with Gasteiger partial charge >= 0.3 is 0 Å². The molecule has 0 aromatic rings. The minimum absolute atomic E-state index is 1.29. The Morgan fingerprint density at radius 3 is 0.462 bits per heavy atom.